The number of nitro benzene ring substituents is 1. The first-order valence-electron chi connectivity index (χ1n) is 10.2. The number of nitrogens with zero attached hydrogens (tertiary/aromatic N) is 2. The molecule has 0 aliphatic heterocycles. The van der Waals surface area contributed by atoms with Crippen molar-refractivity contribution in [1.29, 1.82) is 0 Å². The van der Waals surface area contributed by atoms with E-state index in [1.807, 2.05) is 0 Å². The first-order chi connectivity index (χ1) is 16.7. The third-order valence-electron chi connectivity index (χ3n) is 4.78. The fourth-order valence-corrected chi connectivity index (χ4v) is 5.32. The second-order valence-corrected chi connectivity index (χ2v) is 8.98. The number of carbonyl (C=O) groups excluding carboxylic acids is 1. The van der Waals surface area contributed by atoms with Crippen LogP contribution in [-0.4, -0.2) is 55.3 Å². The number of aryl methyl sites for hydroxylation is 1. The van der Waals surface area contributed by atoms with Gasteiger partial charge < -0.3 is 14.2 Å². The average Bonchev–Trinajstić information content (AvgIpc) is 2.86. The van der Waals surface area contributed by atoms with E-state index in [0.717, 1.165) is 0 Å². The van der Waals surface area contributed by atoms with Crippen LogP contribution in [0.3, 0.4) is 0 Å². The molecule has 2 aromatic rings. The van der Waals surface area contributed by atoms with Gasteiger partial charge in [-0.05, 0) is 12.5 Å². The largest absolute Gasteiger partial charge is 0.465 e. The van der Waals surface area contributed by atoms with Gasteiger partial charge in [0.05, 0.1) is 28.9 Å². The SMILES string of the molecule is C=CCO[P+](O)(OCC=C)c1c(C)nc(C(OC)OC)c(C(=O)OC)c1-c1cccc([N+](=O)[O-])c1. The van der Waals surface area contributed by atoms with Crippen molar-refractivity contribution in [2.24, 2.45) is 0 Å². The van der Waals surface area contributed by atoms with Crippen molar-refractivity contribution in [3.05, 3.63) is 76.6 Å². The number of benzene rings is 1. The molecule has 1 aromatic carbocycles. The van der Waals surface area contributed by atoms with Gasteiger partial charge in [0.25, 0.3) is 5.69 Å². The topological polar surface area (TPSA) is 139 Å². The molecule has 1 aromatic heterocycles. The number of esters is 1. The van der Waals surface area contributed by atoms with Gasteiger partial charge in [0, 0.05) is 26.4 Å². The molecule has 0 saturated heterocycles. The number of nitro groups is 1. The van der Waals surface area contributed by atoms with Crippen molar-refractivity contribution in [2.75, 3.05) is 34.5 Å². The molecule has 0 bridgehead atoms. The molecule has 0 radical (unpaired) electrons. The summed E-state index contributed by atoms with van der Waals surface area (Å²) >= 11 is 0. The van der Waals surface area contributed by atoms with E-state index in [4.69, 9.17) is 23.3 Å². The van der Waals surface area contributed by atoms with Crippen LogP contribution in [0.4, 0.5) is 5.69 Å². The van der Waals surface area contributed by atoms with Crippen LogP contribution >= 0.6 is 7.94 Å². The maximum absolute atomic E-state index is 13.1. The highest BCUT2D eigenvalue weighted by Gasteiger charge is 2.50. The smallest absolute Gasteiger partial charge is 0.449 e. The highest BCUT2D eigenvalue weighted by atomic mass is 31.2. The first-order valence-corrected chi connectivity index (χ1v) is 11.8. The minimum atomic E-state index is -3.94. The zero-order chi connectivity index (χ0) is 26.2. The molecular formula is C23H28N2O9P+. The van der Waals surface area contributed by atoms with Gasteiger partial charge in [0.15, 0.2) is 0 Å². The Morgan fingerprint density at radius 3 is 2.29 bits per heavy atom. The van der Waals surface area contributed by atoms with Crippen LogP contribution in [0.1, 0.15) is 28.0 Å². The summed E-state index contributed by atoms with van der Waals surface area (Å²) in [6, 6.07) is 5.55. The number of hydrogen-bond acceptors (Lipinski definition) is 10. The number of ether oxygens (including phenoxy) is 3. The molecule has 0 saturated carbocycles. The summed E-state index contributed by atoms with van der Waals surface area (Å²) < 4.78 is 27.1. The highest BCUT2D eigenvalue weighted by molar-refractivity contribution is 7.69. The molecule has 0 atom stereocenters. The quantitative estimate of drug-likeness (QED) is 0.106. The van der Waals surface area contributed by atoms with Crippen molar-refractivity contribution in [3.8, 4) is 11.1 Å². The molecule has 0 amide bonds. The molecule has 188 valence electrons. The normalized spacial score (nSPS) is 11.4. The fraction of sp³-hybridized carbons (Fsp3) is 0.304. The Hall–Kier alpha value is -3.05. The van der Waals surface area contributed by atoms with Crippen LogP contribution in [0.25, 0.3) is 11.1 Å². The van der Waals surface area contributed by atoms with Gasteiger partial charge in [-0.2, -0.15) is 13.9 Å². The Labute approximate surface area is 203 Å². The van der Waals surface area contributed by atoms with Crippen LogP contribution in [0, 0.1) is 17.0 Å². The number of non-ortho nitro benzene ring substituents is 1. The van der Waals surface area contributed by atoms with Crippen molar-refractivity contribution in [2.45, 2.75) is 13.2 Å². The zero-order valence-corrected chi connectivity index (χ0v) is 20.8. The summed E-state index contributed by atoms with van der Waals surface area (Å²) in [6.45, 7) is 8.58. The predicted molar refractivity (Wildman–Crippen MR) is 130 cm³/mol. The third-order valence-corrected chi connectivity index (χ3v) is 6.89. The highest BCUT2D eigenvalue weighted by Crippen LogP contribution is 2.58. The van der Waals surface area contributed by atoms with Gasteiger partial charge in [0.1, 0.15) is 18.9 Å². The predicted octanol–water partition coefficient (Wildman–Crippen LogP) is 3.83. The molecule has 1 heterocycles. The summed E-state index contributed by atoms with van der Waals surface area (Å²) in [5.41, 5.74) is 0.184. The number of rotatable bonds is 13. The molecule has 11 nitrogen and oxygen atoms in total. The Morgan fingerprint density at radius 2 is 1.80 bits per heavy atom. The standard InChI is InChI=1S/C23H28N2O9P/c1-7-12-33-35(29,34-13-8-2)21-15(3)24-20(23(31-5)32-6)19(22(26)30-4)18(21)16-10-9-11-17(14-16)25(27)28/h7-11,14,23,29H,1-2,12-13H2,3-6H3/q+1. The lowest BCUT2D eigenvalue weighted by Crippen LogP contribution is -2.28. The van der Waals surface area contributed by atoms with E-state index < -0.39 is 25.1 Å². The van der Waals surface area contributed by atoms with E-state index in [1.165, 1.54) is 51.7 Å². The summed E-state index contributed by atoms with van der Waals surface area (Å²) in [7, 11) is -0.0587. The second kappa shape index (κ2) is 12.6. The summed E-state index contributed by atoms with van der Waals surface area (Å²) in [6.07, 6.45) is 1.74. The van der Waals surface area contributed by atoms with Crippen LogP contribution in [0.2, 0.25) is 0 Å². The number of hydrogen-bond donors (Lipinski definition) is 1. The lowest BCUT2D eigenvalue weighted by Gasteiger charge is -2.24. The number of carbonyl (C=O) groups is 1. The number of aromatic nitrogens is 1. The van der Waals surface area contributed by atoms with Crippen molar-refractivity contribution < 1.29 is 37.9 Å². The lowest BCUT2D eigenvalue weighted by molar-refractivity contribution is -0.384. The Bertz CT molecular complexity index is 1090. The first kappa shape index (κ1) is 28.2. The summed E-state index contributed by atoms with van der Waals surface area (Å²) in [5.74, 6) is -0.839. The van der Waals surface area contributed by atoms with Gasteiger partial charge in [-0.3, -0.25) is 10.1 Å². The van der Waals surface area contributed by atoms with E-state index >= 15 is 0 Å². The molecule has 0 fully saturated rings. The third kappa shape index (κ3) is 6.15. The maximum Gasteiger partial charge on any atom is 0.449 e. The monoisotopic (exact) mass is 507 g/mol. The van der Waals surface area contributed by atoms with Gasteiger partial charge in [-0.15, -0.1) is 13.2 Å². The van der Waals surface area contributed by atoms with Crippen LogP contribution < -0.4 is 5.30 Å². The van der Waals surface area contributed by atoms with Crippen molar-refractivity contribution in [1.82, 2.24) is 4.98 Å². The zero-order valence-electron chi connectivity index (χ0n) is 19.9. The summed E-state index contributed by atoms with van der Waals surface area (Å²) in [5, 5.41) is 11.5. The molecule has 0 unspecified atom stereocenters. The minimum absolute atomic E-state index is 0.0387. The molecule has 0 aliphatic carbocycles. The lowest BCUT2D eigenvalue weighted by atomic mass is 9.96. The Kier molecular flexibility index (Phi) is 10.1. The van der Waals surface area contributed by atoms with Gasteiger partial charge in [-0.1, -0.05) is 24.3 Å². The average molecular weight is 507 g/mol. The van der Waals surface area contributed by atoms with E-state index in [1.54, 1.807) is 13.0 Å². The Morgan fingerprint density at radius 1 is 1.20 bits per heavy atom. The molecule has 0 spiro atoms. The van der Waals surface area contributed by atoms with Gasteiger partial charge in [0.2, 0.25) is 11.6 Å². The fourth-order valence-electron chi connectivity index (χ4n) is 3.39. The van der Waals surface area contributed by atoms with E-state index in [0.29, 0.717) is 0 Å². The summed E-state index contributed by atoms with van der Waals surface area (Å²) in [4.78, 5) is 40.2. The molecule has 12 heteroatoms. The van der Waals surface area contributed by atoms with Gasteiger partial charge >= 0.3 is 13.9 Å². The molecule has 1 N–H and O–H groups in total. The molecule has 2 rings (SSSR count). The second-order valence-electron chi connectivity index (χ2n) is 6.97. The number of methoxy groups -OCH3 is 3. The van der Waals surface area contributed by atoms with E-state index in [2.05, 4.69) is 18.1 Å². The van der Waals surface area contributed by atoms with Crippen molar-refractivity contribution in [3.63, 3.8) is 0 Å². The van der Waals surface area contributed by atoms with Crippen LogP contribution in [-0.2, 0) is 23.3 Å². The Balaban J connectivity index is 3.11. The maximum atomic E-state index is 13.1. The molecule has 0 aliphatic rings. The van der Waals surface area contributed by atoms with E-state index in [-0.39, 0.29) is 52.3 Å². The molecule has 35 heavy (non-hydrogen) atoms. The van der Waals surface area contributed by atoms with Gasteiger partial charge in [-0.25, -0.2) is 9.78 Å². The minimum Gasteiger partial charge on any atom is -0.465 e. The van der Waals surface area contributed by atoms with Crippen LogP contribution in [0.15, 0.2) is 49.6 Å². The van der Waals surface area contributed by atoms with Crippen LogP contribution in [0.5, 0.6) is 0 Å². The number of pyridine rings is 1. The van der Waals surface area contributed by atoms with E-state index in [9.17, 15) is 19.8 Å². The van der Waals surface area contributed by atoms with Crippen molar-refractivity contribution >= 4 is 24.9 Å². The molecular weight excluding hydrogens is 479 g/mol.